The van der Waals surface area contributed by atoms with Gasteiger partial charge in [-0.1, -0.05) is 18.2 Å². The van der Waals surface area contributed by atoms with Crippen molar-refractivity contribution in [2.45, 2.75) is 30.6 Å². The largest absolute Gasteiger partial charge is 0.506 e. The fourth-order valence-electron chi connectivity index (χ4n) is 2.74. The summed E-state index contributed by atoms with van der Waals surface area (Å²) in [6.45, 7) is -0.596. The Morgan fingerprint density at radius 2 is 1.92 bits per heavy atom. The Morgan fingerprint density at radius 3 is 2.64 bits per heavy atom. The van der Waals surface area contributed by atoms with Crippen molar-refractivity contribution in [1.29, 1.82) is 0 Å². The number of para-hydroxylation sites is 1. The second-order valence-corrected chi connectivity index (χ2v) is 5.77. The van der Waals surface area contributed by atoms with Crippen molar-refractivity contribution in [2.75, 3.05) is 6.61 Å². The topological polar surface area (TPSA) is 152 Å². The first kappa shape index (κ1) is 17.5. The summed E-state index contributed by atoms with van der Waals surface area (Å²) < 4.78 is 4.98. The quantitative estimate of drug-likeness (QED) is 0.390. The predicted molar refractivity (Wildman–Crippen MR) is 84.6 cm³/mol. The zero-order chi connectivity index (χ0) is 18.1. The Balaban J connectivity index is 1.81. The smallest absolute Gasteiger partial charge is 0.270 e. The fraction of sp³-hybridized carbons (Fsp3) is 0.375. The van der Waals surface area contributed by atoms with Crippen molar-refractivity contribution in [3.05, 3.63) is 36.0 Å². The van der Waals surface area contributed by atoms with Crippen LogP contribution >= 0.6 is 0 Å². The number of aromatic nitrogens is 1. The third-order valence-electron chi connectivity index (χ3n) is 4.13. The lowest BCUT2D eigenvalue weighted by molar-refractivity contribution is -0.252. The van der Waals surface area contributed by atoms with Crippen LogP contribution in [0.3, 0.4) is 0 Å². The highest BCUT2D eigenvalue weighted by Gasteiger charge is 2.44. The number of phenolic OH excluding ortho intramolecular Hbond substituents is 1. The van der Waals surface area contributed by atoms with Crippen molar-refractivity contribution in [3.63, 3.8) is 0 Å². The number of carbonyl (C=O) groups is 1. The number of pyridine rings is 1. The van der Waals surface area contributed by atoms with E-state index in [1.165, 1.54) is 12.1 Å². The Bertz CT molecular complexity index is 784. The molecule has 1 saturated heterocycles. The molecule has 1 aliphatic rings. The van der Waals surface area contributed by atoms with Crippen molar-refractivity contribution in [1.82, 2.24) is 10.3 Å². The second-order valence-electron chi connectivity index (χ2n) is 5.77. The Labute approximate surface area is 142 Å². The van der Waals surface area contributed by atoms with Crippen molar-refractivity contribution in [3.8, 4) is 5.75 Å². The lowest BCUT2D eigenvalue weighted by Gasteiger charge is -2.40. The van der Waals surface area contributed by atoms with Gasteiger partial charge in [-0.05, 0) is 12.1 Å². The first-order chi connectivity index (χ1) is 11.9. The molecule has 0 aliphatic carbocycles. The number of amides is 1. The molecule has 1 aromatic carbocycles. The molecule has 134 valence electrons. The van der Waals surface area contributed by atoms with E-state index in [1.54, 1.807) is 18.2 Å². The minimum absolute atomic E-state index is 0.0489. The van der Waals surface area contributed by atoms with Crippen LogP contribution in [0.5, 0.6) is 5.75 Å². The molecule has 1 aliphatic heterocycles. The predicted octanol–water partition coefficient (Wildman–Crippen LogP) is -1.53. The summed E-state index contributed by atoms with van der Waals surface area (Å²) in [4.78, 5) is 16.4. The monoisotopic (exact) mass is 350 g/mol. The standard InChI is InChI=1S/C16H18N2O7/c19-6-10-13(21)14(22)12(16(24)25-10)18-15(23)8-5-4-7-2-1-3-9(20)11(7)17-8/h1-5,10,12-14,16,19-22,24H,6H2,(H,18,23)/t10?,12?,13-,14?,16-/m1/s1. The average molecular weight is 350 g/mol. The summed E-state index contributed by atoms with van der Waals surface area (Å²) in [7, 11) is 0. The van der Waals surface area contributed by atoms with Crippen molar-refractivity contribution in [2.24, 2.45) is 0 Å². The van der Waals surface area contributed by atoms with Crippen LogP contribution in [-0.4, -0.2) is 73.7 Å². The molecule has 2 aromatic rings. The van der Waals surface area contributed by atoms with Gasteiger partial charge in [-0.3, -0.25) is 4.79 Å². The highest BCUT2D eigenvalue weighted by Crippen LogP contribution is 2.23. The van der Waals surface area contributed by atoms with Crippen LogP contribution in [0.2, 0.25) is 0 Å². The first-order valence-electron chi connectivity index (χ1n) is 7.62. The van der Waals surface area contributed by atoms with E-state index < -0.39 is 43.2 Å². The van der Waals surface area contributed by atoms with Gasteiger partial charge in [-0.2, -0.15) is 0 Å². The van der Waals surface area contributed by atoms with Crippen LogP contribution < -0.4 is 5.32 Å². The van der Waals surface area contributed by atoms with Gasteiger partial charge in [0.1, 0.15) is 41.3 Å². The molecular weight excluding hydrogens is 332 g/mol. The molecule has 9 heteroatoms. The summed E-state index contributed by atoms with van der Waals surface area (Å²) in [5.41, 5.74) is 0.184. The maximum atomic E-state index is 12.4. The molecule has 1 amide bonds. The molecule has 2 heterocycles. The molecular formula is C16H18N2O7. The number of benzene rings is 1. The number of ether oxygens (including phenoxy) is 1. The fourth-order valence-corrected chi connectivity index (χ4v) is 2.74. The summed E-state index contributed by atoms with van der Waals surface area (Å²) >= 11 is 0. The normalized spacial score (nSPS) is 29.5. The SMILES string of the molecule is O=C(NC1C(O)[C@H](O)C(CO)O[C@H]1O)c1ccc2cccc(O)c2n1. The zero-order valence-electron chi connectivity index (χ0n) is 13.0. The number of aromatic hydroxyl groups is 1. The van der Waals surface area contributed by atoms with E-state index in [2.05, 4.69) is 10.3 Å². The lowest BCUT2D eigenvalue weighted by atomic mass is 9.97. The number of phenols is 1. The van der Waals surface area contributed by atoms with Crippen molar-refractivity contribution < 1.29 is 35.1 Å². The number of aliphatic hydroxyl groups is 4. The third kappa shape index (κ3) is 3.28. The Morgan fingerprint density at radius 1 is 1.16 bits per heavy atom. The van der Waals surface area contributed by atoms with E-state index in [0.717, 1.165) is 0 Å². The molecule has 0 saturated carbocycles. The maximum absolute atomic E-state index is 12.4. The van der Waals surface area contributed by atoms with Gasteiger partial charge in [-0.15, -0.1) is 0 Å². The number of carbonyl (C=O) groups excluding carboxylic acids is 1. The lowest BCUT2D eigenvalue weighted by Crippen LogP contribution is -2.64. The summed E-state index contributed by atoms with van der Waals surface area (Å²) in [5.74, 6) is -0.819. The number of rotatable bonds is 3. The van der Waals surface area contributed by atoms with E-state index in [9.17, 15) is 25.2 Å². The highest BCUT2D eigenvalue weighted by atomic mass is 16.6. The van der Waals surface area contributed by atoms with Crippen LogP contribution in [0, 0.1) is 0 Å². The number of hydrogen-bond acceptors (Lipinski definition) is 8. The Kier molecular flexibility index (Phi) is 4.84. The van der Waals surface area contributed by atoms with Crippen LogP contribution in [0.1, 0.15) is 10.5 Å². The highest BCUT2D eigenvalue weighted by molar-refractivity contribution is 5.96. The van der Waals surface area contributed by atoms with Gasteiger partial charge in [0.05, 0.1) is 6.61 Å². The number of nitrogens with zero attached hydrogens (tertiary/aromatic N) is 1. The van der Waals surface area contributed by atoms with E-state index in [-0.39, 0.29) is 17.0 Å². The van der Waals surface area contributed by atoms with E-state index in [1.807, 2.05) is 0 Å². The van der Waals surface area contributed by atoms with Gasteiger partial charge in [-0.25, -0.2) is 4.98 Å². The number of nitrogens with one attached hydrogen (secondary N) is 1. The summed E-state index contributed by atoms with van der Waals surface area (Å²) in [5, 5.41) is 51.6. The number of hydrogen-bond donors (Lipinski definition) is 6. The van der Waals surface area contributed by atoms with E-state index in [0.29, 0.717) is 5.39 Å². The minimum Gasteiger partial charge on any atom is -0.506 e. The van der Waals surface area contributed by atoms with Gasteiger partial charge in [0.15, 0.2) is 6.29 Å². The van der Waals surface area contributed by atoms with Gasteiger partial charge < -0.3 is 35.6 Å². The summed E-state index contributed by atoms with van der Waals surface area (Å²) in [6, 6.07) is 6.50. The van der Waals surface area contributed by atoms with Gasteiger partial charge in [0.2, 0.25) is 0 Å². The summed E-state index contributed by atoms with van der Waals surface area (Å²) in [6.07, 6.45) is -5.80. The number of fused-ring (bicyclic) bond motifs is 1. The molecule has 9 nitrogen and oxygen atoms in total. The molecule has 3 unspecified atom stereocenters. The molecule has 0 spiro atoms. The molecule has 0 bridgehead atoms. The van der Waals surface area contributed by atoms with Gasteiger partial charge >= 0.3 is 0 Å². The van der Waals surface area contributed by atoms with E-state index in [4.69, 9.17) is 9.84 Å². The van der Waals surface area contributed by atoms with Crippen LogP contribution in [0.25, 0.3) is 10.9 Å². The second kappa shape index (κ2) is 6.90. The molecule has 1 aromatic heterocycles. The van der Waals surface area contributed by atoms with Gasteiger partial charge in [0.25, 0.3) is 5.91 Å². The number of aliphatic hydroxyl groups excluding tert-OH is 4. The molecule has 25 heavy (non-hydrogen) atoms. The molecule has 5 atom stereocenters. The average Bonchev–Trinajstić information content (AvgIpc) is 2.61. The van der Waals surface area contributed by atoms with Crippen LogP contribution in [-0.2, 0) is 4.74 Å². The Hall–Kier alpha value is -2.30. The molecule has 6 N–H and O–H groups in total. The van der Waals surface area contributed by atoms with E-state index >= 15 is 0 Å². The first-order valence-corrected chi connectivity index (χ1v) is 7.62. The van der Waals surface area contributed by atoms with Gasteiger partial charge in [0, 0.05) is 5.39 Å². The van der Waals surface area contributed by atoms with Crippen molar-refractivity contribution >= 4 is 16.8 Å². The van der Waals surface area contributed by atoms with Crippen LogP contribution in [0.15, 0.2) is 30.3 Å². The zero-order valence-corrected chi connectivity index (χ0v) is 13.0. The molecule has 0 radical (unpaired) electrons. The molecule has 1 fully saturated rings. The van der Waals surface area contributed by atoms with Crippen LogP contribution in [0.4, 0.5) is 0 Å². The molecule has 3 rings (SSSR count). The maximum Gasteiger partial charge on any atom is 0.270 e. The minimum atomic E-state index is -1.62. The third-order valence-corrected chi connectivity index (χ3v) is 4.13.